The van der Waals surface area contributed by atoms with Crippen LogP contribution in [-0.4, -0.2) is 22.7 Å². The van der Waals surface area contributed by atoms with Crippen LogP contribution in [0.3, 0.4) is 0 Å². The van der Waals surface area contributed by atoms with Crippen LogP contribution in [0.15, 0.2) is 280 Å². The zero-order valence-corrected chi connectivity index (χ0v) is 38.9. The molecule has 1 fully saturated rings. The van der Waals surface area contributed by atoms with Crippen molar-refractivity contribution in [2.45, 2.75) is 17.2 Å². The highest BCUT2D eigenvalue weighted by Crippen LogP contribution is 2.63. The summed E-state index contributed by atoms with van der Waals surface area (Å²) < 4.78 is 0. The fourth-order valence-corrected chi connectivity index (χ4v) is 10.8. The van der Waals surface area contributed by atoms with Crippen molar-refractivity contribution < 1.29 is 0 Å². The third-order valence-electron chi connectivity index (χ3n) is 13.5. The van der Waals surface area contributed by atoms with Gasteiger partial charge in [-0.1, -0.05) is 182 Å². The number of hydrazine groups is 2. The van der Waals surface area contributed by atoms with Crippen LogP contribution in [0.2, 0.25) is 0 Å². The van der Waals surface area contributed by atoms with Gasteiger partial charge in [-0.3, -0.25) is 15.2 Å². The smallest absolute Gasteiger partial charge is 0.274 e. The normalized spacial score (nSPS) is 22.7. The molecule has 0 aliphatic carbocycles. The van der Waals surface area contributed by atoms with Gasteiger partial charge in [0.15, 0.2) is 11.5 Å². The third kappa shape index (κ3) is 6.64. The first kappa shape index (κ1) is 42.3. The number of para-hydroxylation sites is 5. The summed E-state index contributed by atoms with van der Waals surface area (Å²) in [6.07, 6.45) is 4.24. The Kier molecular flexibility index (Phi) is 10.2. The Bertz CT molecular complexity index is 3630. The van der Waals surface area contributed by atoms with Crippen LogP contribution >= 0.6 is 0 Å². The van der Waals surface area contributed by atoms with Crippen molar-refractivity contribution in [3.05, 3.63) is 282 Å². The number of fused-ring (bicyclic) bond motifs is 6. The van der Waals surface area contributed by atoms with Gasteiger partial charge < -0.3 is 4.98 Å². The van der Waals surface area contributed by atoms with Gasteiger partial charge in [-0.05, 0) is 78.9 Å². The molecule has 9 aromatic rings. The molecular weight excluding hydrogens is 889 g/mol. The summed E-state index contributed by atoms with van der Waals surface area (Å²) in [6, 6.07) is 89.3. The lowest BCUT2D eigenvalue weighted by molar-refractivity contribution is 0.274. The molecule has 72 heavy (non-hydrogen) atoms. The predicted octanol–water partition coefficient (Wildman–Crippen LogP) is 10.6. The number of amidine groups is 1. The maximum Gasteiger partial charge on any atom is 0.274 e. The van der Waals surface area contributed by atoms with Crippen molar-refractivity contribution in [1.82, 2.24) is 10.4 Å². The zero-order chi connectivity index (χ0) is 48.0. The van der Waals surface area contributed by atoms with E-state index in [0.717, 1.165) is 55.8 Å². The number of rotatable bonds is 8. The maximum absolute atomic E-state index is 6.00. The molecule has 8 bridgehead atoms. The van der Waals surface area contributed by atoms with Crippen LogP contribution in [-0.2, 0) is 17.2 Å². The van der Waals surface area contributed by atoms with Crippen LogP contribution in [0.4, 0.5) is 28.4 Å². The van der Waals surface area contributed by atoms with Gasteiger partial charge in [0, 0.05) is 44.8 Å². The number of nitrogens with one attached hydrogen (secondary N) is 2. The average Bonchev–Trinajstić information content (AvgIpc) is 4.25. The Balaban J connectivity index is 1.34. The first-order valence-corrected chi connectivity index (χ1v) is 23.9. The molecule has 12 heteroatoms. The number of hydrogen-bond acceptors (Lipinski definition) is 11. The molecule has 1 aromatic heterocycles. The highest BCUT2D eigenvalue weighted by Gasteiger charge is 2.72. The number of azo groups is 1. The van der Waals surface area contributed by atoms with Crippen molar-refractivity contribution >= 4 is 58.3 Å². The van der Waals surface area contributed by atoms with Crippen LogP contribution in [0.25, 0.3) is 12.2 Å². The van der Waals surface area contributed by atoms with Crippen LogP contribution in [0.5, 0.6) is 0 Å². The molecule has 4 aliphatic heterocycles. The van der Waals surface area contributed by atoms with E-state index < -0.39 is 17.2 Å². The number of guanidine groups is 2. The summed E-state index contributed by atoms with van der Waals surface area (Å²) in [5.41, 5.74) is 9.63. The fourth-order valence-electron chi connectivity index (χ4n) is 10.8. The molecule has 1 saturated heterocycles. The minimum atomic E-state index is -1.56. The Hall–Kier alpha value is -9.81. The molecule has 5 heterocycles. The number of H-pyrrole nitrogens is 1. The lowest BCUT2D eigenvalue weighted by Gasteiger charge is -2.59. The first-order chi connectivity index (χ1) is 35.7. The van der Waals surface area contributed by atoms with Gasteiger partial charge in [-0.25, -0.2) is 15.0 Å². The number of hydrogen-bond donors (Lipinski definition) is 2. The molecule has 12 nitrogen and oxygen atoms in total. The van der Waals surface area contributed by atoms with Crippen molar-refractivity contribution in [3.63, 3.8) is 0 Å². The molecule has 13 rings (SSSR count). The standard InChI is InChI=1S/C60H46N12/c1-9-25-45(26-10-1)58-44-49-42-41-48(61-49)43-55-62-56(66-65-55)63-57-64-59(46-27-11-2-12-28-46,70(67-57)52-35-19-6-20-36-52)69(51-33-17-5-18-34-51)60(47-29-13-3-14-30-47,68(58)50-31-15-4-16-32-50)72(54-39-23-8-24-40-54)71(58)53-37-21-7-22-38-53/h1-44,61H,(H,64,67)/b48-43-,49-44-,63-56+. The molecular formula is C60H46N12. The van der Waals surface area contributed by atoms with E-state index in [0.29, 0.717) is 5.84 Å². The topological polar surface area (TPSA) is 106 Å². The first-order valence-electron chi connectivity index (χ1n) is 23.9. The number of nitrogens with zero attached hydrogens (tertiary/aromatic N) is 10. The number of aromatic nitrogens is 1. The van der Waals surface area contributed by atoms with E-state index in [-0.39, 0.29) is 11.9 Å². The van der Waals surface area contributed by atoms with Crippen LogP contribution in [0, 0.1) is 0 Å². The third-order valence-corrected chi connectivity index (χ3v) is 13.5. The molecule has 2 N–H and O–H groups in total. The Morgan fingerprint density at radius 1 is 0.375 bits per heavy atom. The second kappa shape index (κ2) is 17.3. The molecule has 0 saturated carbocycles. The monoisotopic (exact) mass is 934 g/mol. The summed E-state index contributed by atoms with van der Waals surface area (Å²) in [7, 11) is 0. The zero-order valence-electron chi connectivity index (χ0n) is 38.9. The lowest BCUT2D eigenvalue weighted by atomic mass is 9.90. The van der Waals surface area contributed by atoms with E-state index in [9.17, 15) is 0 Å². The second-order valence-electron chi connectivity index (χ2n) is 17.7. The highest BCUT2D eigenvalue weighted by molar-refractivity contribution is 6.17. The highest BCUT2D eigenvalue weighted by atomic mass is 15.9. The maximum atomic E-state index is 6.00. The number of anilines is 5. The number of aromatic amines is 1. The van der Waals surface area contributed by atoms with E-state index in [4.69, 9.17) is 15.0 Å². The van der Waals surface area contributed by atoms with Gasteiger partial charge in [-0.2, -0.15) is 15.0 Å². The molecule has 0 radical (unpaired) electrons. The predicted molar refractivity (Wildman–Crippen MR) is 288 cm³/mol. The van der Waals surface area contributed by atoms with Gasteiger partial charge >= 0.3 is 0 Å². The lowest BCUT2D eigenvalue weighted by Crippen LogP contribution is -2.73. The van der Waals surface area contributed by atoms with Gasteiger partial charge in [0.1, 0.15) is 0 Å². The molecule has 3 unspecified atom stereocenters. The minimum absolute atomic E-state index is 0.162. The van der Waals surface area contributed by atoms with Crippen molar-refractivity contribution in [2.24, 2.45) is 25.2 Å². The Morgan fingerprint density at radius 2 is 0.833 bits per heavy atom. The van der Waals surface area contributed by atoms with Crippen molar-refractivity contribution in [2.75, 3.05) is 24.8 Å². The minimum Gasteiger partial charge on any atom is -0.356 e. The average molecular weight is 935 g/mol. The van der Waals surface area contributed by atoms with Gasteiger partial charge in [0.05, 0.1) is 17.1 Å². The van der Waals surface area contributed by atoms with Crippen LogP contribution in [0.1, 0.15) is 16.7 Å². The Morgan fingerprint density at radius 3 is 1.40 bits per heavy atom. The number of benzene rings is 8. The summed E-state index contributed by atoms with van der Waals surface area (Å²) in [4.78, 5) is 24.8. The van der Waals surface area contributed by atoms with E-state index in [1.165, 1.54) is 0 Å². The second-order valence-corrected chi connectivity index (χ2v) is 17.7. The SMILES string of the molecule is C1=c2/cc/c([nH]2)=C/C2(c3ccccc3)N(c3ccccc3)N(c3ccccc3)C(c3ccccc3)(N2c2ccccc2)N(c2ccccc2)C2(c3ccccc3)N=C(/N=C3/N=NC/1=N3)NN2c1ccccc1. The quantitative estimate of drug-likeness (QED) is 0.157. The number of aliphatic imine (C=N–C) groups is 3. The van der Waals surface area contributed by atoms with Gasteiger partial charge in [0.25, 0.3) is 11.7 Å². The molecule has 4 aliphatic rings. The summed E-state index contributed by atoms with van der Waals surface area (Å²) in [6.45, 7) is 0. The van der Waals surface area contributed by atoms with Crippen molar-refractivity contribution in [1.29, 1.82) is 0 Å². The van der Waals surface area contributed by atoms with Gasteiger partial charge in [-0.15, -0.1) is 10.2 Å². The summed E-state index contributed by atoms with van der Waals surface area (Å²) in [5.74, 6) is -2.21. The molecule has 346 valence electrons. The van der Waals surface area contributed by atoms with Crippen LogP contribution < -0.4 is 41.0 Å². The molecule has 0 spiro atoms. The fraction of sp³-hybridized carbons (Fsp3) is 0.0500. The molecule has 8 aromatic carbocycles. The largest absolute Gasteiger partial charge is 0.356 e. The molecule has 3 atom stereocenters. The van der Waals surface area contributed by atoms with E-state index >= 15 is 0 Å². The van der Waals surface area contributed by atoms with E-state index in [1.807, 2.05) is 30.3 Å². The Labute approximate surface area is 416 Å². The van der Waals surface area contributed by atoms with E-state index in [2.05, 4.69) is 282 Å². The van der Waals surface area contributed by atoms with E-state index in [1.54, 1.807) is 0 Å². The molecule has 0 amide bonds. The summed E-state index contributed by atoms with van der Waals surface area (Å²) >= 11 is 0. The van der Waals surface area contributed by atoms with Crippen molar-refractivity contribution in [3.8, 4) is 0 Å². The van der Waals surface area contributed by atoms with Gasteiger partial charge in [0.2, 0.25) is 11.7 Å². The summed E-state index contributed by atoms with van der Waals surface area (Å²) in [5, 5.41) is 17.7.